The molecule has 2 fully saturated rings. The van der Waals surface area contributed by atoms with Crippen molar-refractivity contribution in [2.45, 2.75) is 71.1 Å². The third kappa shape index (κ3) is 5.57. The van der Waals surface area contributed by atoms with Gasteiger partial charge in [-0.1, -0.05) is 49.2 Å². The fraction of sp³-hybridized carbons (Fsp3) is 0.571. The Hall–Kier alpha value is -2.51. The van der Waals surface area contributed by atoms with Crippen LogP contribution in [0.2, 0.25) is 5.02 Å². The van der Waals surface area contributed by atoms with Crippen LogP contribution in [0.15, 0.2) is 35.9 Å². The van der Waals surface area contributed by atoms with Gasteiger partial charge in [-0.3, -0.25) is 10.1 Å². The van der Waals surface area contributed by atoms with Crippen LogP contribution in [0.5, 0.6) is 5.75 Å². The maximum Gasteiger partial charge on any atom is 0.409 e. The van der Waals surface area contributed by atoms with E-state index in [4.69, 9.17) is 21.1 Å². The molecule has 0 aromatic heterocycles. The van der Waals surface area contributed by atoms with Crippen molar-refractivity contribution in [3.05, 3.63) is 46.5 Å². The van der Waals surface area contributed by atoms with Gasteiger partial charge in [0.15, 0.2) is 0 Å². The van der Waals surface area contributed by atoms with E-state index in [0.717, 1.165) is 24.0 Å². The number of carbonyl (C=O) groups is 2. The van der Waals surface area contributed by atoms with Gasteiger partial charge in [0.1, 0.15) is 22.6 Å². The van der Waals surface area contributed by atoms with Gasteiger partial charge in [-0.15, -0.1) is 0 Å². The Morgan fingerprint density at radius 2 is 2.03 bits per heavy atom. The number of halogens is 1. The number of hydrogen-bond acceptors (Lipinski definition) is 5. The lowest BCUT2D eigenvalue weighted by molar-refractivity contribution is -0.118. The van der Waals surface area contributed by atoms with E-state index < -0.39 is 11.8 Å². The zero-order chi connectivity index (χ0) is 26.3. The number of carbonyl (C=O) groups excluding carboxylic acids is 2. The van der Waals surface area contributed by atoms with Crippen molar-refractivity contribution in [1.82, 2.24) is 5.32 Å². The number of alkyl carbamates (subject to hydrolysis) is 1. The van der Waals surface area contributed by atoms with E-state index in [1.165, 1.54) is 0 Å². The zero-order valence-corrected chi connectivity index (χ0v) is 22.5. The van der Waals surface area contributed by atoms with Crippen LogP contribution in [0.25, 0.3) is 0 Å². The van der Waals surface area contributed by atoms with Gasteiger partial charge < -0.3 is 19.5 Å². The molecule has 2 aliphatic heterocycles. The van der Waals surface area contributed by atoms with Gasteiger partial charge in [-0.2, -0.15) is 0 Å². The number of rotatable bonds is 1. The lowest BCUT2D eigenvalue weighted by Crippen LogP contribution is -2.57. The number of ether oxygens (including phenoxy) is 2. The number of fused-ring (bicyclic) bond motifs is 5. The summed E-state index contributed by atoms with van der Waals surface area (Å²) in [5.41, 5.74) is 1.33. The maximum atomic E-state index is 13.2. The van der Waals surface area contributed by atoms with Crippen molar-refractivity contribution in [3.8, 4) is 5.75 Å². The van der Waals surface area contributed by atoms with Gasteiger partial charge >= 0.3 is 6.09 Å². The van der Waals surface area contributed by atoms with Crippen molar-refractivity contribution in [1.29, 1.82) is 0 Å². The number of amides is 2. The monoisotopic (exact) mass is 516 g/mol. The number of nitrogens with one attached hydrogen (secondary N) is 1. The first-order valence-corrected chi connectivity index (χ1v) is 13.0. The molecule has 1 aliphatic carbocycles. The Kier molecular flexibility index (Phi) is 7.45. The highest BCUT2D eigenvalue weighted by Crippen LogP contribution is 2.60. The first-order valence-electron chi connectivity index (χ1n) is 12.6. The minimum Gasteiger partial charge on any atom is -0.495 e. The predicted octanol–water partition coefficient (Wildman–Crippen LogP) is 5.39. The number of hydrogen-bond donors (Lipinski definition) is 2. The van der Waals surface area contributed by atoms with Crippen LogP contribution in [0.3, 0.4) is 0 Å². The summed E-state index contributed by atoms with van der Waals surface area (Å²) in [6.07, 6.45) is 8.09. The van der Waals surface area contributed by atoms with Crippen LogP contribution in [0.4, 0.5) is 10.5 Å². The van der Waals surface area contributed by atoms with Gasteiger partial charge in [0, 0.05) is 26.3 Å². The number of anilines is 1. The third-order valence-electron chi connectivity index (χ3n) is 8.17. The summed E-state index contributed by atoms with van der Waals surface area (Å²) >= 11 is 6.61. The Balaban J connectivity index is 1.66. The van der Waals surface area contributed by atoms with E-state index in [2.05, 4.69) is 19.2 Å². The van der Waals surface area contributed by atoms with Gasteiger partial charge in [-0.05, 0) is 61.1 Å². The minimum atomic E-state index is -1.35. The molecule has 2 heterocycles. The summed E-state index contributed by atoms with van der Waals surface area (Å²) < 4.78 is 11.1. The largest absolute Gasteiger partial charge is 0.495 e. The standard InChI is InChI=1S/C28H37ClN2O5/c1-17-8-6-7-10-28(34)16-23(36-26(33)30-28)18(2)20-15-27(20,3)11-9-24(32)31(4)21-13-19(12-17)14-22(35-5)25(21)29/h6-8,13-14,18,20,23,34H,9-12,15-16H2,1-5H3,(H,30,33)/b7-6+,17-8+/t18-,20?,23-,27?,28+/m0/s1. The summed E-state index contributed by atoms with van der Waals surface area (Å²) in [5, 5.41) is 14.2. The molecule has 2 unspecified atom stereocenters. The van der Waals surface area contributed by atoms with Crippen molar-refractivity contribution in [2.75, 3.05) is 19.1 Å². The number of benzene rings is 1. The lowest BCUT2D eigenvalue weighted by Gasteiger charge is -2.39. The molecule has 8 heteroatoms. The Morgan fingerprint density at radius 3 is 2.75 bits per heavy atom. The van der Waals surface area contributed by atoms with E-state index in [0.29, 0.717) is 41.6 Å². The van der Waals surface area contributed by atoms with E-state index in [1.54, 1.807) is 19.1 Å². The van der Waals surface area contributed by atoms with E-state index in [9.17, 15) is 14.7 Å². The average Bonchev–Trinajstić information content (AvgIpc) is 3.50. The number of aliphatic hydroxyl groups is 1. The molecule has 3 aliphatic rings. The molecule has 4 rings (SSSR count). The lowest BCUT2D eigenvalue weighted by atomic mass is 9.85. The maximum absolute atomic E-state index is 13.2. The van der Waals surface area contributed by atoms with Crippen molar-refractivity contribution >= 4 is 29.3 Å². The summed E-state index contributed by atoms with van der Waals surface area (Å²) in [5.74, 6) is 0.910. The minimum absolute atomic E-state index is 0.00795. The van der Waals surface area contributed by atoms with Crippen LogP contribution in [0.1, 0.15) is 58.4 Å². The zero-order valence-electron chi connectivity index (χ0n) is 21.8. The molecule has 1 aromatic rings. The highest BCUT2D eigenvalue weighted by molar-refractivity contribution is 6.35. The van der Waals surface area contributed by atoms with Crippen LogP contribution in [-0.2, 0) is 16.0 Å². The third-order valence-corrected chi connectivity index (χ3v) is 8.55. The van der Waals surface area contributed by atoms with Gasteiger partial charge in [0.25, 0.3) is 0 Å². The predicted molar refractivity (Wildman–Crippen MR) is 140 cm³/mol. The second-order valence-corrected chi connectivity index (χ2v) is 11.4. The topological polar surface area (TPSA) is 88.1 Å². The van der Waals surface area contributed by atoms with Gasteiger partial charge in [0.05, 0.1) is 12.8 Å². The van der Waals surface area contributed by atoms with Crippen molar-refractivity contribution in [3.63, 3.8) is 0 Å². The molecular formula is C28H37ClN2O5. The van der Waals surface area contributed by atoms with Crippen molar-refractivity contribution < 1.29 is 24.2 Å². The quantitative estimate of drug-likeness (QED) is 0.522. The molecule has 7 nitrogen and oxygen atoms in total. The first kappa shape index (κ1) is 26.6. The Morgan fingerprint density at radius 1 is 1.28 bits per heavy atom. The molecule has 1 aromatic carbocycles. The molecule has 4 bridgehead atoms. The van der Waals surface area contributed by atoms with Gasteiger partial charge in [-0.25, -0.2) is 4.79 Å². The second kappa shape index (κ2) is 10.1. The fourth-order valence-electron chi connectivity index (χ4n) is 5.72. The van der Waals surface area contributed by atoms with Crippen molar-refractivity contribution in [2.24, 2.45) is 17.3 Å². The molecule has 1 saturated heterocycles. The number of methoxy groups -OCH3 is 1. The van der Waals surface area contributed by atoms with E-state index in [-0.39, 0.29) is 29.8 Å². The normalized spacial score (nSPS) is 35.6. The van der Waals surface area contributed by atoms with E-state index >= 15 is 0 Å². The number of allylic oxidation sites excluding steroid dienone is 3. The smallest absolute Gasteiger partial charge is 0.409 e. The summed E-state index contributed by atoms with van der Waals surface area (Å²) in [4.78, 5) is 27.1. The molecule has 2 N–H and O–H groups in total. The number of nitrogens with zero attached hydrogens (tertiary/aromatic N) is 1. The summed E-state index contributed by atoms with van der Waals surface area (Å²) in [6, 6.07) is 3.84. The molecule has 0 radical (unpaired) electrons. The van der Waals surface area contributed by atoms with Gasteiger partial charge in [0.2, 0.25) is 5.91 Å². The van der Waals surface area contributed by atoms with Crippen LogP contribution >= 0.6 is 11.6 Å². The SMILES string of the molecule is COc1cc2cc(c1Cl)N(C)C(=O)CCC1(C)CC1[C@H](C)[C@@H]1C[C@](O)(C/C=C/C=C(\C)C2)NC(=O)O1. The molecule has 0 spiro atoms. The fourth-order valence-corrected chi connectivity index (χ4v) is 6.04. The Bertz CT molecular complexity index is 1100. The van der Waals surface area contributed by atoms with Crippen LogP contribution < -0.4 is 15.0 Å². The molecule has 36 heavy (non-hydrogen) atoms. The molecule has 1 saturated carbocycles. The molecule has 2 amide bonds. The highest BCUT2D eigenvalue weighted by atomic mass is 35.5. The Labute approximate surface area is 218 Å². The van der Waals surface area contributed by atoms with Crippen LogP contribution in [0, 0.1) is 17.3 Å². The van der Waals surface area contributed by atoms with E-state index in [1.807, 2.05) is 37.3 Å². The highest BCUT2D eigenvalue weighted by Gasteiger charge is 2.55. The molecule has 5 atom stereocenters. The average molecular weight is 517 g/mol. The molecular weight excluding hydrogens is 480 g/mol. The van der Waals surface area contributed by atoms with Crippen LogP contribution in [-0.4, -0.2) is 43.1 Å². The first-order chi connectivity index (χ1) is 16.9. The molecule has 196 valence electrons. The summed E-state index contributed by atoms with van der Waals surface area (Å²) in [7, 11) is 3.33. The summed E-state index contributed by atoms with van der Waals surface area (Å²) in [6.45, 7) is 6.28. The second-order valence-electron chi connectivity index (χ2n) is 11.0.